The normalized spacial score (nSPS) is 16.3. The second-order valence-corrected chi connectivity index (χ2v) is 8.87. The van der Waals surface area contributed by atoms with Crippen molar-refractivity contribution < 1.29 is 4.79 Å². The summed E-state index contributed by atoms with van der Waals surface area (Å²) in [5.74, 6) is -0.0581. The van der Waals surface area contributed by atoms with Gasteiger partial charge in [-0.3, -0.25) is 4.79 Å². The molecule has 2 aromatic rings. The molecule has 30 heavy (non-hydrogen) atoms. The lowest BCUT2D eigenvalue weighted by Crippen LogP contribution is -2.32. The largest absolute Gasteiger partial charge is 0.385 e. The lowest BCUT2D eigenvalue weighted by Gasteiger charge is -2.35. The lowest BCUT2D eigenvalue weighted by atomic mass is 9.76. The van der Waals surface area contributed by atoms with Gasteiger partial charge in [0.25, 0.3) is 0 Å². The average molecular weight is 408 g/mol. The summed E-state index contributed by atoms with van der Waals surface area (Å²) in [4.78, 5) is 15.3. The standard InChI is InChI=1S/C26H37N3O/c1-4-28-21-14-12-20(13-15-21)25(26(27)30)23(18-19(2)3)22-10-6-7-11-24(22)29-16-8-5-9-17-29/h6-7,10-15,19,23,25,28H,4-5,8-9,16-18H2,1-3H3,(H2,27,30). The van der Waals surface area contributed by atoms with Crippen LogP contribution in [0.5, 0.6) is 0 Å². The van der Waals surface area contributed by atoms with Gasteiger partial charge in [0.15, 0.2) is 0 Å². The maximum atomic E-state index is 12.8. The SMILES string of the molecule is CCNc1ccc(C(C(N)=O)C(CC(C)C)c2ccccc2N2CCCCC2)cc1. The number of nitrogens with zero attached hydrogens (tertiary/aromatic N) is 1. The number of nitrogens with two attached hydrogens (primary N) is 1. The van der Waals surface area contributed by atoms with Gasteiger partial charge in [0, 0.05) is 36.9 Å². The summed E-state index contributed by atoms with van der Waals surface area (Å²) in [5, 5.41) is 3.33. The van der Waals surface area contributed by atoms with Crippen molar-refractivity contribution in [3.05, 3.63) is 59.7 Å². The smallest absolute Gasteiger partial charge is 0.225 e. The van der Waals surface area contributed by atoms with E-state index in [1.54, 1.807) is 0 Å². The minimum Gasteiger partial charge on any atom is -0.385 e. The van der Waals surface area contributed by atoms with E-state index in [2.05, 4.69) is 79.5 Å². The van der Waals surface area contributed by atoms with Crippen LogP contribution in [-0.4, -0.2) is 25.5 Å². The Kier molecular flexibility index (Phi) is 7.78. The van der Waals surface area contributed by atoms with Gasteiger partial charge in [-0.2, -0.15) is 0 Å². The first-order valence-corrected chi connectivity index (χ1v) is 11.5. The first kappa shape index (κ1) is 22.2. The van der Waals surface area contributed by atoms with Gasteiger partial charge in [-0.25, -0.2) is 0 Å². The molecule has 0 saturated carbocycles. The number of anilines is 2. The number of carbonyl (C=O) groups is 1. The Morgan fingerprint density at radius 2 is 1.70 bits per heavy atom. The molecule has 0 aromatic heterocycles. The first-order chi connectivity index (χ1) is 14.5. The minimum absolute atomic E-state index is 0.0608. The number of para-hydroxylation sites is 1. The molecule has 4 heteroatoms. The molecule has 0 radical (unpaired) electrons. The molecule has 162 valence electrons. The van der Waals surface area contributed by atoms with Crippen molar-refractivity contribution in [2.75, 3.05) is 29.9 Å². The Balaban J connectivity index is 2.02. The molecule has 0 bridgehead atoms. The van der Waals surface area contributed by atoms with Crippen LogP contribution in [-0.2, 0) is 4.79 Å². The van der Waals surface area contributed by atoms with E-state index in [1.807, 2.05) is 0 Å². The van der Waals surface area contributed by atoms with Crippen molar-refractivity contribution in [3.8, 4) is 0 Å². The molecule has 4 nitrogen and oxygen atoms in total. The summed E-state index contributed by atoms with van der Waals surface area (Å²) in [6.45, 7) is 9.58. The summed E-state index contributed by atoms with van der Waals surface area (Å²) in [6.07, 6.45) is 4.69. The molecule has 2 atom stereocenters. The van der Waals surface area contributed by atoms with Crippen molar-refractivity contribution in [2.45, 2.75) is 58.3 Å². The quantitative estimate of drug-likeness (QED) is 0.576. The molecule has 3 rings (SSSR count). The predicted molar refractivity (Wildman–Crippen MR) is 127 cm³/mol. The van der Waals surface area contributed by atoms with Gasteiger partial charge < -0.3 is 16.0 Å². The van der Waals surface area contributed by atoms with Crippen molar-refractivity contribution in [3.63, 3.8) is 0 Å². The zero-order valence-corrected chi connectivity index (χ0v) is 18.7. The van der Waals surface area contributed by atoms with Crippen LogP contribution in [0.15, 0.2) is 48.5 Å². The van der Waals surface area contributed by atoms with Crippen LogP contribution in [0.4, 0.5) is 11.4 Å². The molecule has 1 aliphatic heterocycles. The topological polar surface area (TPSA) is 58.4 Å². The molecule has 2 aromatic carbocycles. The summed E-state index contributed by atoms with van der Waals surface area (Å²) in [5.41, 5.74) is 10.6. The fourth-order valence-corrected chi connectivity index (χ4v) is 4.78. The molecule has 3 N–H and O–H groups in total. The molecular weight excluding hydrogens is 370 g/mol. The highest BCUT2D eigenvalue weighted by Gasteiger charge is 2.32. The Hall–Kier alpha value is -2.49. The van der Waals surface area contributed by atoms with Gasteiger partial charge in [0.05, 0.1) is 5.92 Å². The van der Waals surface area contributed by atoms with Gasteiger partial charge in [0.1, 0.15) is 0 Å². The summed E-state index contributed by atoms with van der Waals surface area (Å²) in [7, 11) is 0. The van der Waals surface area contributed by atoms with E-state index >= 15 is 0 Å². The Morgan fingerprint density at radius 3 is 2.30 bits per heavy atom. The number of rotatable bonds is 9. The third-order valence-corrected chi connectivity index (χ3v) is 6.12. The molecule has 0 spiro atoms. The van der Waals surface area contributed by atoms with Crippen LogP contribution >= 0.6 is 0 Å². The second-order valence-electron chi connectivity index (χ2n) is 8.87. The summed E-state index contributed by atoms with van der Waals surface area (Å²) in [6, 6.07) is 16.9. The Bertz CT molecular complexity index is 809. The van der Waals surface area contributed by atoms with E-state index in [9.17, 15) is 4.79 Å². The number of benzene rings is 2. The van der Waals surface area contributed by atoms with Crippen molar-refractivity contribution >= 4 is 17.3 Å². The van der Waals surface area contributed by atoms with Crippen molar-refractivity contribution in [2.24, 2.45) is 11.7 Å². The van der Waals surface area contributed by atoms with Crippen LogP contribution in [0.25, 0.3) is 0 Å². The molecule has 1 saturated heterocycles. The fourth-order valence-electron chi connectivity index (χ4n) is 4.78. The first-order valence-electron chi connectivity index (χ1n) is 11.5. The number of hydrogen-bond donors (Lipinski definition) is 2. The van der Waals surface area contributed by atoms with Gasteiger partial charge >= 0.3 is 0 Å². The monoisotopic (exact) mass is 407 g/mol. The molecule has 1 amide bonds. The zero-order chi connectivity index (χ0) is 21.5. The Labute approximate surface area is 181 Å². The minimum atomic E-state index is -0.339. The third-order valence-electron chi connectivity index (χ3n) is 6.12. The van der Waals surface area contributed by atoms with E-state index in [0.717, 1.165) is 37.3 Å². The van der Waals surface area contributed by atoms with Crippen LogP contribution in [0.1, 0.15) is 69.4 Å². The Morgan fingerprint density at radius 1 is 1.03 bits per heavy atom. The summed E-state index contributed by atoms with van der Waals surface area (Å²) < 4.78 is 0. The van der Waals surface area contributed by atoms with E-state index in [1.165, 1.54) is 30.5 Å². The number of hydrogen-bond acceptors (Lipinski definition) is 3. The fraction of sp³-hybridized carbons (Fsp3) is 0.500. The van der Waals surface area contributed by atoms with Crippen LogP contribution < -0.4 is 16.0 Å². The number of carbonyl (C=O) groups excluding carboxylic acids is 1. The van der Waals surface area contributed by atoms with Gasteiger partial charge in [-0.1, -0.05) is 44.2 Å². The number of piperidine rings is 1. The van der Waals surface area contributed by atoms with Crippen molar-refractivity contribution in [1.82, 2.24) is 0 Å². The van der Waals surface area contributed by atoms with E-state index in [0.29, 0.717) is 5.92 Å². The van der Waals surface area contributed by atoms with Crippen LogP contribution in [0.2, 0.25) is 0 Å². The van der Waals surface area contributed by atoms with Crippen molar-refractivity contribution in [1.29, 1.82) is 0 Å². The second kappa shape index (κ2) is 10.5. The third kappa shape index (κ3) is 5.35. The number of amides is 1. The molecule has 1 heterocycles. The van der Waals surface area contributed by atoms with Crippen LogP contribution in [0, 0.1) is 5.92 Å². The molecular formula is C26H37N3O. The zero-order valence-electron chi connectivity index (χ0n) is 18.7. The molecule has 2 unspecified atom stereocenters. The highest BCUT2D eigenvalue weighted by Crippen LogP contribution is 2.42. The molecule has 1 fully saturated rings. The molecule has 1 aliphatic rings. The van der Waals surface area contributed by atoms with Gasteiger partial charge in [-0.05, 0) is 67.9 Å². The highest BCUT2D eigenvalue weighted by molar-refractivity contribution is 5.84. The predicted octanol–water partition coefficient (Wildman–Crippen LogP) is 5.51. The molecule has 0 aliphatic carbocycles. The average Bonchev–Trinajstić information content (AvgIpc) is 2.75. The highest BCUT2D eigenvalue weighted by atomic mass is 16.1. The number of primary amides is 1. The van der Waals surface area contributed by atoms with E-state index in [-0.39, 0.29) is 17.7 Å². The summed E-state index contributed by atoms with van der Waals surface area (Å²) >= 11 is 0. The lowest BCUT2D eigenvalue weighted by molar-refractivity contribution is -0.120. The van der Waals surface area contributed by atoms with Gasteiger partial charge in [-0.15, -0.1) is 0 Å². The van der Waals surface area contributed by atoms with Gasteiger partial charge in [0.2, 0.25) is 5.91 Å². The van der Waals surface area contributed by atoms with E-state index < -0.39 is 0 Å². The maximum Gasteiger partial charge on any atom is 0.225 e. The number of nitrogens with one attached hydrogen (secondary N) is 1. The van der Waals surface area contributed by atoms with Crippen LogP contribution in [0.3, 0.4) is 0 Å². The maximum absolute atomic E-state index is 12.8. The van der Waals surface area contributed by atoms with E-state index in [4.69, 9.17) is 5.73 Å².